The van der Waals surface area contributed by atoms with Crippen LogP contribution in [-0.2, 0) is 0 Å². The summed E-state index contributed by atoms with van der Waals surface area (Å²) < 4.78 is 5.70. The van der Waals surface area contributed by atoms with Crippen LogP contribution in [0.25, 0.3) is 10.8 Å². The van der Waals surface area contributed by atoms with Gasteiger partial charge in [-0.2, -0.15) is 0 Å². The quantitative estimate of drug-likeness (QED) is 0.826. The van der Waals surface area contributed by atoms with Gasteiger partial charge in [0.25, 0.3) is 0 Å². The number of ether oxygens (including phenoxy) is 1. The van der Waals surface area contributed by atoms with Gasteiger partial charge in [0.1, 0.15) is 5.75 Å². The van der Waals surface area contributed by atoms with E-state index in [0.29, 0.717) is 13.0 Å². The van der Waals surface area contributed by atoms with Crippen LogP contribution in [0.1, 0.15) is 6.42 Å². The Bertz CT molecular complexity index is 479. The predicted octanol–water partition coefficient (Wildman–Crippen LogP) is 1.93. The number of hydrogen-bond acceptors (Lipinski definition) is 3. The first-order valence-electron chi connectivity index (χ1n) is 5.78. The Labute approximate surface area is 101 Å². The van der Waals surface area contributed by atoms with Gasteiger partial charge in [0, 0.05) is 11.4 Å². The van der Waals surface area contributed by atoms with E-state index in [4.69, 9.17) is 15.6 Å². The lowest BCUT2D eigenvalue weighted by Crippen LogP contribution is -2.26. The fourth-order valence-electron chi connectivity index (χ4n) is 1.73. The molecule has 0 aromatic heterocycles. The molecule has 2 aromatic carbocycles. The molecule has 3 heteroatoms. The Kier molecular flexibility index (Phi) is 3.96. The average molecular weight is 231 g/mol. The van der Waals surface area contributed by atoms with Crippen LogP contribution in [0.15, 0.2) is 42.5 Å². The van der Waals surface area contributed by atoms with Crippen LogP contribution >= 0.6 is 0 Å². The van der Waals surface area contributed by atoms with Crippen molar-refractivity contribution >= 4 is 10.8 Å². The zero-order chi connectivity index (χ0) is 12.1. The standard InChI is InChI=1S/C14H17NO2/c15-12(10-16)8-9-17-14-7-3-5-11-4-1-2-6-13(11)14/h1-7,12,16H,8-10,15H2. The number of rotatable bonds is 5. The second kappa shape index (κ2) is 5.66. The summed E-state index contributed by atoms with van der Waals surface area (Å²) in [6.07, 6.45) is 0.653. The Balaban J connectivity index is 2.08. The molecule has 0 saturated carbocycles. The van der Waals surface area contributed by atoms with E-state index < -0.39 is 0 Å². The third-order valence-electron chi connectivity index (χ3n) is 2.73. The van der Waals surface area contributed by atoms with Gasteiger partial charge in [-0.1, -0.05) is 36.4 Å². The van der Waals surface area contributed by atoms with Gasteiger partial charge in [0.15, 0.2) is 0 Å². The van der Waals surface area contributed by atoms with Gasteiger partial charge in [0.2, 0.25) is 0 Å². The van der Waals surface area contributed by atoms with E-state index in [-0.39, 0.29) is 12.6 Å². The van der Waals surface area contributed by atoms with Gasteiger partial charge < -0.3 is 15.6 Å². The summed E-state index contributed by atoms with van der Waals surface area (Å²) >= 11 is 0. The van der Waals surface area contributed by atoms with Gasteiger partial charge >= 0.3 is 0 Å². The van der Waals surface area contributed by atoms with E-state index in [9.17, 15) is 0 Å². The third kappa shape index (κ3) is 2.96. The molecule has 0 amide bonds. The lowest BCUT2D eigenvalue weighted by Gasteiger charge is -2.11. The van der Waals surface area contributed by atoms with Crippen molar-refractivity contribution in [1.82, 2.24) is 0 Å². The molecule has 0 bridgehead atoms. The van der Waals surface area contributed by atoms with E-state index in [2.05, 4.69) is 12.1 Å². The molecule has 0 radical (unpaired) electrons. The molecule has 17 heavy (non-hydrogen) atoms. The summed E-state index contributed by atoms with van der Waals surface area (Å²) in [7, 11) is 0. The number of aliphatic hydroxyl groups is 1. The minimum absolute atomic E-state index is 0.00109. The van der Waals surface area contributed by atoms with Crippen molar-refractivity contribution in [2.75, 3.05) is 13.2 Å². The molecule has 0 heterocycles. The average Bonchev–Trinajstić information content (AvgIpc) is 2.39. The lowest BCUT2D eigenvalue weighted by molar-refractivity contribution is 0.231. The van der Waals surface area contributed by atoms with Crippen LogP contribution in [-0.4, -0.2) is 24.4 Å². The summed E-state index contributed by atoms with van der Waals surface area (Å²) in [5.41, 5.74) is 5.62. The molecule has 0 aliphatic heterocycles. The summed E-state index contributed by atoms with van der Waals surface area (Å²) in [6, 6.07) is 13.9. The summed E-state index contributed by atoms with van der Waals surface area (Å²) in [5.74, 6) is 0.869. The second-order valence-electron chi connectivity index (χ2n) is 4.06. The van der Waals surface area contributed by atoms with Gasteiger partial charge in [-0.25, -0.2) is 0 Å². The van der Waals surface area contributed by atoms with Crippen molar-refractivity contribution in [3.8, 4) is 5.75 Å². The van der Waals surface area contributed by atoms with Crippen LogP contribution in [0.3, 0.4) is 0 Å². The molecule has 3 nitrogen and oxygen atoms in total. The monoisotopic (exact) mass is 231 g/mol. The smallest absolute Gasteiger partial charge is 0.127 e. The van der Waals surface area contributed by atoms with Crippen LogP contribution < -0.4 is 10.5 Å². The Hall–Kier alpha value is -1.58. The summed E-state index contributed by atoms with van der Waals surface area (Å²) in [4.78, 5) is 0. The van der Waals surface area contributed by atoms with Gasteiger partial charge in [-0.05, 0) is 17.9 Å². The second-order valence-corrected chi connectivity index (χ2v) is 4.06. The van der Waals surface area contributed by atoms with E-state index in [0.717, 1.165) is 16.5 Å². The molecule has 3 N–H and O–H groups in total. The summed E-state index contributed by atoms with van der Waals surface area (Å²) in [6.45, 7) is 0.522. The minimum Gasteiger partial charge on any atom is -0.493 e. The zero-order valence-corrected chi connectivity index (χ0v) is 9.67. The normalized spacial score (nSPS) is 12.6. The molecule has 1 atom stereocenters. The fraction of sp³-hybridized carbons (Fsp3) is 0.286. The molecule has 0 fully saturated rings. The number of aliphatic hydroxyl groups excluding tert-OH is 1. The highest BCUT2D eigenvalue weighted by molar-refractivity contribution is 5.88. The lowest BCUT2D eigenvalue weighted by atomic mass is 10.1. The van der Waals surface area contributed by atoms with E-state index in [1.807, 2.05) is 30.3 Å². The van der Waals surface area contributed by atoms with Crippen LogP contribution in [0.2, 0.25) is 0 Å². The van der Waals surface area contributed by atoms with E-state index in [1.165, 1.54) is 0 Å². The molecule has 0 aliphatic carbocycles. The third-order valence-corrected chi connectivity index (χ3v) is 2.73. The van der Waals surface area contributed by atoms with Gasteiger partial charge in [-0.3, -0.25) is 0 Å². The Morgan fingerprint density at radius 2 is 1.88 bits per heavy atom. The first kappa shape index (κ1) is 11.9. The first-order valence-corrected chi connectivity index (χ1v) is 5.78. The van der Waals surface area contributed by atoms with Crippen molar-refractivity contribution in [1.29, 1.82) is 0 Å². The van der Waals surface area contributed by atoms with Crippen LogP contribution in [0.4, 0.5) is 0 Å². The topological polar surface area (TPSA) is 55.5 Å². The molecule has 0 saturated heterocycles. The Morgan fingerprint density at radius 3 is 2.71 bits per heavy atom. The van der Waals surface area contributed by atoms with E-state index >= 15 is 0 Å². The fourth-order valence-corrected chi connectivity index (χ4v) is 1.73. The highest BCUT2D eigenvalue weighted by Gasteiger charge is 2.03. The number of benzene rings is 2. The molecule has 0 spiro atoms. The predicted molar refractivity (Wildman–Crippen MR) is 69.1 cm³/mol. The maximum atomic E-state index is 8.82. The van der Waals surface area contributed by atoms with Crippen LogP contribution in [0, 0.1) is 0 Å². The van der Waals surface area contributed by atoms with Gasteiger partial charge in [0.05, 0.1) is 13.2 Å². The molecule has 2 aromatic rings. The van der Waals surface area contributed by atoms with E-state index in [1.54, 1.807) is 0 Å². The highest BCUT2D eigenvalue weighted by Crippen LogP contribution is 2.25. The largest absolute Gasteiger partial charge is 0.493 e. The molecule has 90 valence electrons. The number of fused-ring (bicyclic) bond motifs is 1. The first-order chi connectivity index (χ1) is 8.31. The zero-order valence-electron chi connectivity index (χ0n) is 9.67. The number of nitrogens with two attached hydrogens (primary N) is 1. The Morgan fingerprint density at radius 1 is 1.12 bits per heavy atom. The van der Waals surface area contributed by atoms with Crippen LogP contribution in [0.5, 0.6) is 5.75 Å². The molecular formula is C14H17NO2. The minimum atomic E-state index is -0.204. The number of hydrogen-bond donors (Lipinski definition) is 2. The van der Waals surface area contributed by atoms with Crippen molar-refractivity contribution in [2.24, 2.45) is 5.73 Å². The SMILES string of the molecule is NC(CO)CCOc1cccc2ccccc12. The highest BCUT2D eigenvalue weighted by atomic mass is 16.5. The maximum Gasteiger partial charge on any atom is 0.127 e. The van der Waals surface area contributed by atoms with Gasteiger partial charge in [-0.15, -0.1) is 0 Å². The van der Waals surface area contributed by atoms with Crippen molar-refractivity contribution in [3.63, 3.8) is 0 Å². The molecule has 2 rings (SSSR count). The molecule has 0 aliphatic rings. The molecule has 1 unspecified atom stereocenters. The summed E-state index contributed by atoms with van der Waals surface area (Å²) in [5, 5.41) is 11.1. The molecular weight excluding hydrogens is 214 g/mol. The van der Waals surface area contributed by atoms with Crippen molar-refractivity contribution in [3.05, 3.63) is 42.5 Å². The van der Waals surface area contributed by atoms with Crippen molar-refractivity contribution in [2.45, 2.75) is 12.5 Å². The van der Waals surface area contributed by atoms with Crippen molar-refractivity contribution < 1.29 is 9.84 Å². The maximum absolute atomic E-state index is 8.82.